The van der Waals surface area contributed by atoms with Crippen LogP contribution in [0.3, 0.4) is 0 Å². The highest BCUT2D eigenvalue weighted by Crippen LogP contribution is 2.27. The van der Waals surface area contributed by atoms with E-state index in [0.29, 0.717) is 6.54 Å². The van der Waals surface area contributed by atoms with E-state index in [-0.39, 0.29) is 6.04 Å². The standard InChI is InChI=1S/C14H22N2O/c1-12(13-6-5-9-15-10-13)16-11-14(17)7-3-2-4-8-14/h5-6,9-10,12,16-17H,2-4,7-8,11H2,1H3/t12-/m0/s1. The maximum absolute atomic E-state index is 10.4. The van der Waals surface area contributed by atoms with Gasteiger partial charge in [0.15, 0.2) is 0 Å². The Morgan fingerprint density at radius 3 is 2.82 bits per heavy atom. The smallest absolute Gasteiger partial charge is 0.0771 e. The molecule has 1 saturated carbocycles. The van der Waals surface area contributed by atoms with Crippen LogP contribution in [0.5, 0.6) is 0 Å². The summed E-state index contributed by atoms with van der Waals surface area (Å²) in [5.74, 6) is 0. The molecule has 1 fully saturated rings. The van der Waals surface area contributed by atoms with Crippen LogP contribution in [-0.4, -0.2) is 22.2 Å². The van der Waals surface area contributed by atoms with Crippen LogP contribution < -0.4 is 5.32 Å². The molecule has 0 spiro atoms. The summed E-state index contributed by atoms with van der Waals surface area (Å²) in [6.45, 7) is 2.80. The molecule has 1 aliphatic rings. The van der Waals surface area contributed by atoms with Gasteiger partial charge in [0, 0.05) is 25.0 Å². The van der Waals surface area contributed by atoms with Gasteiger partial charge in [0.05, 0.1) is 5.60 Å². The Morgan fingerprint density at radius 1 is 1.41 bits per heavy atom. The lowest BCUT2D eigenvalue weighted by Gasteiger charge is -2.33. The predicted octanol–water partition coefficient (Wildman–Crippen LogP) is 2.43. The third-order valence-electron chi connectivity index (χ3n) is 3.71. The molecule has 94 valence electrons. The van der Waals surface area contributed by atoms with Crippen molar-refractivity contribution in [3.63, 3.8) is 0 Å². The fourth-order valence-corrected chi connectivity index (χ4v) is 2.48. The van der Waals surface area contributed by atoms with Gasteiger partial charge in [-0.05, 0) is 31.4 Å². The molecule has 1 aromatic heterocycles. The average molecular weight is 234 g/mol. The fourth-order valence-electron chi connectivity index (χ4n) is 2.48. The Bertz CT molecular complexity index is 333. The van der Waals surface area contributed by atoms with Crippen molar-refractivity contribution in [3.8, 4) is 0 Å². The molecular weight excluding hydrogens is 212 g/mol. The third-order valence-corrected chi connectivity index (χ3v) is 3.71. The fraction of sp³-hybridized carbons (Fsp3) is 0.643. The van der Waals surface area contributed by atoms with Gasteiger partial charge in [0.1, 0.15) is 0 Å². The Morgan fingerprint density at radius 2 is 2.18 bits per heavy atom. The lowest BCUT2D eigenvalue weighted by molar-refractivity contribution is 0.00299. The monoisotopic (exact) mass is 234 g/mol. The van der Waals surface area contributed by atoms with Gasteiger partial charge < -0.3 is 10.4 Å². The quantitative estimate of drug-likeness (QED) is 0.841. The highest BCUT2D eigenvalue weighted by Gasteiger charge is 2.29. The highest BCUT2D eigenvalue weighted by atomic mass is 16.3. The van der Waals surface area contributed by atoms with E-state index < -0.39 is 5.60 Å². The van der Waals surface area contributed by atoms with Crippen LogP contribution in [-0.2, 0) is 0 Å². The maximum atomic E-state index is 10.4. The second kappa shape index (κ2) is 5.61. The molecule has 0 radical (unpaired) electrons. The number of hydrogen-bond acceptors (Lipinski definition) is 3. The summed E-state index contributed by atoms with van der Waals surface area (Å²) in [6.07, 6.45) is 9.09. The van der Waals surface area contributed by atoms with Crippen LogP contribution in [0.1, 0.15) is 50.6 Å². The molecule has 3 nitrogen and oxygen atoms in total. The van der Waals surface area contributed by atoms with Gasteiger partial charge in [-0.15, -0.1) is 0 Å². The molecule has 0 amide bonds. The molecule has 2 rings (SSSR count). The largest absolute Gasteiger partial charge is 0.389 e. The molecule has 2 N–H and O–H groups in total. The molecule has 1 aliphatic carbocycles. The molecule has 1 atom stereocenters. The van der Waals surface area contributed by atoms with Crippen molar-refractivity contribution in [2.45, 2.75) is 50.7 Å². The zero-order valence-corrected chi connectivity index (χ0v) is 10.5. The van der Waals surface area contributed by atoms with Crippen LogP contribution in [0.4, 0.5) is 0 Å². The van der Waals surface area contributed by atoms with Crippen LogP contribution in [0.2, 0.25) is 0 Å². The Labute approximate surface area is 103 Å². The Hall–Kier alpha value is -0.930. The number of aromatic nitrogens is 1. The number of rotatable bonds is 4. The van der Waals surface area contributed by atoms with Crippen molar-refractivity contribution in [2.24, 2.45) is 0 Å². The van der Waals surface area contributed by atoms with Gasteiger partial charge in [-0.3, -0.25) is 4.98 Å². The number of hydrogen-bond donors (Lipinski definition) is 2. The summed E-state index contributed by atoms with van der Waals surface area (Å²) >= 11 is 0. The molecule has 1 heterocycles. The van der Waals surface area contributed by atoms with E-state index in [2.05, 4.69) is 23.3 Å². The van der Waals surface area contributed by atoms with Crippen LogP contribution in [0.25, 0.3) is 0 Å². The molecule has 17 heavy (non-hydrogen) atoms. The minimum atomic E-state index is -0.491. The van der Waals surface area contributed by atoms with Crippen LogP contribution >= 0.6 is 0 Å². The Balaban J connectivity index is 1.85. The minimum Gasteiger partial charge on any atom is -0.389 e. The summed E-state index contributed by atoms with van der Waals surface area (Å²) in [7, 11) is 0. The van der Waals surface area contributed by atoms with Crippen LogP contribution in [0.15, 0.2) is 24.5 Å². The third kappa shape index (κ3) is 3.51. The number of nitrogens with one attached hydrogen (secondary N) is 1. The summed E-state index contributed by atoms with van der Waals surface area (Å²) in [5, 5.41) is 13.8. The maximum Gasteiger partial charge on any atom is 0.0771 e. The molecule has 0 saturated heterocycles. The van der Waals surface area contributed by atoms with Crippen molar-refractivity contribution in [1.82, 2.24) is 10.3 Å². The second-order valence-corrected chi connectivity index (χ2v) is 5.17. The first kappa shape index (κ1) is 12.5. The molecule has 0 aliphatic heterocycles. The predicted molar refractivity (Wildman–Crippen MR) is 68.7 cm³/mol. The Kier molecular flexibility index (Phi) is 4.13. The van der Waals surface area contributed by atoms with Gasteiger partial charge in [-0.25, -0.2) is 0 Å². The van der Waals surface area contributed by atoms with E-state index in [4.69, 9.17) is 0 Å². The van der Waals surface area contributed by atoms with Gasteiger partial charge in [0.25, 0.3) is 0 Å². The van der Waals surface area contributed by atoms with Gasteiger partial charge >= 0.3 is 0 Å². The van der Waals surface area contributed by atoms with E-state index >= 15 is 0 Å². The van der Waals surface area contributed by atoms with Gasteiger partial charge in [0.2, 0.25) is 0 Å². The summed E-state index contributed by atoms with van der Waals surface area (Å²) in [4.78, 5) is 4.12. The topological polar surface area (TPSA) is 45.1 Å². The van der Waals surface area contributed by atoms with Crippen molar-refractivity contribution in [3.05, 3.63) is 30.1 Å². The molecular formula is C14H22N2O. The normalized spacial score (nSPS) is 21.1. The first-order valence-electron chi connectivity index (χ1n) is 6.55. The number of pyridine rings is 1. The first-order valence-corrected chi connectivity index (χ1v) is 6.55. The molecule has 0 unspecified atom stereocenters. The van der Waals surface area contributed by atoms with Gasteiger partial charge in [-0.1, -0.05) is 25.3 Å². The number of nitrogens with zero attached hydrogens (tertiary/aromatic N) is 1. The zero-order valence-electron chi connectivity index (χ0n) is 10.5. The molecule has 0 bridgehead atoms. The number of aliphatic hydroxyl groups is 1. The van der Waals surface area contributed by atoms with E-state index in [9.17, 15) is 5.11 Å². The van der Waals surface area contributed by atoms with E-state index in [1.165, 1.54) is 12.0 Å². The second-order valence-electron chi connectivity index (χ2n) is 5.17. The van der Waals surface area contributed by atoms with Crippen molar-refractivity contribution < 1.29 is 5.11 Å². The average Bonchev–Trinajstić information content (AvgIpc) is 2.38. The summed E-state index contributed by atoms with van der Waals surface area (Å²) < 4.78 is 0. The van der Waals surface area contributed by atoms with Crippen LogP contribution in [0, 0.1) is 0 Å². The lowest BCUT2D eigenvalue weighted by Crippen LogP contribution is -2.42. The summed E-state index contributed by atoms with van der Waals surface area (Å²) in [6, 6.07) is 4.26. The SMILES string of the molecule is C[C@H](NCC1(O)CCCCC1)c1cccnc1. The molecule has 3 heteroatoms. The van der Waals surface area contributed by atoms with E-state index in [1.807, 2.05) is 12.3 Å². The van der Waals surface area contributed by atoms with Crippen molar-refractivity contribution >= 4 is 0 Å². The molecule has 1 aromatic rings. The lowest BCUT2D eigenvalue weighted by atomic mass is 9.84. The zero-order chi connectivity index (χ0) is 12.1. The summed E-state index contributed by atoms with van der Waals surface area (Å²) in [5.41, 5.74) is 0.682. The molecule has 0 aromatic carbocycles. The highest BCUT2D eigenvalue weighted by molar-refractivity contribution is 5.12. The van der Waals surface area contributed by atoms with E-state index in [1.54, 1.807) is 6.20 Å². The van der Waals surface area contributed by atoms with Crippen molar-refractivity contribution in [2.75, 3.05) is 6.54 Å². The van der Waals surface area contributed by atoms with Gasteiger partial charge in [-0.2, -0.15) is 0 Å². The van der Waals surface area contributed by atoms with E-state index in [0.717, 1.165) is 25.7 Å². The van der Waals surface area contributed by atoms with Crippen molar-refractivity contribution in [1.29, 1.82) is 0 Å². The minimum absolute atomic E-state index is 0.245. The first-order chi connectivity index (χ1) is 8.20.